The number of aliphatic hydroxyl groups excluding tert-OH is 1. The van der Waals surface area contributed by atoms with Gasteiger partial charge in [0.1, 0.15) is 0 Å². The van der Waals surface area contributed by atoms with Crippen molar-refractivity contribution < 1.29 is 9.84 Å². The molecule has 3 heteroatoms. The normalized spacial score (nSPS) is 21.1. The van der Waals surface area contributed by atoms with E-state index >= 15 is 0 Å². The highest BCUT2D eigenvalue weighted by atomic mass is 79.9. The van der Waals surface area contributed by atoms with E-state index < -0.39 is 0 Å². The fraction of sp³-hybridized carbons (Fsp3) is 0.600. The van der Waals surface area contributed by atoms with Crippen molar-refractivity contribution in [3.8, 4) is 0 Å². The Morgan fingerprint density at radius 1 is 1.33 bits per heavy atom. The SMILES string of the molecule is OC(CCCC1CCCO1)Cc1ccc(Br)cc1. The number of aliphatic hydroxyl groups is 1. The summed E-state index contributed by atoms with van der Waals surface area (Å²) in [7, 11) is 0. The van der Waals surface area contributed by atoms with E-state index in [1.165, 1.54) is 18.4 Å². The maximum atomic E-state index is 9.99. The van der Waals surface area contributed by atoms with Crippen LogP contribution >= 0.6 is 15.9 Å². The van der Waals surface area contributed by atoms with Crippen LogP contribution in [0.25, 0.3) is 0 Å². The second kappa shape index (κ2) is 7.27. The van der Waals surface area contributed by atoms with Crippen molar-refractivity contribution in [2.45, 2.75) is 50.7 Å². The van der Waals surface area contributed by atoms with Crippen molar-refractivity contribution in [2.75, 3.05) is 6.61 Å². The lowest BCUT2D eigenvalue weighted by atomic mass is 10.0. The first-order valence-electron chi connectivity index (χ1n) is 6.78. The smallest absolute Gasteiger partial charge is 0.0580 e. The van der Waals surface area contributed by atoms with Gasteiger partial charge in [-0.2, -0.15) is 0 Å². The van der Waals surface area contributed by atoms with Crippen LogP contribution in [-0.2, 0) is 11.2 Å². The van der Waals surface area contributed by atoms with Crippen molar-refractivity contribution >= 4 is 15.9 Å². The van der Waals surface area contributed by atoms with Gasteiger partial charge < -0.3 is 9.84 Å². The molecule has 0 aliphatic carbocycles. The lowest BCUT2D eigenvalue weighted by molar-refractivity contribution is 0.0945. The predicted octanol–water partition coefficient (Wildman–Crippen LogP) is 3.70. The van der Waals surface area contributed by atoms with Crippen LogP contribution in [-0.4, -0.2) is 23.9 Å². The van der Waals surface area contributed by atoms with Crippen molar-refractivity contribution in [3.05, 3.63) is 34.3 Å². The Labute approximate surface area is 117 Å². The summed E-state index contributed by atoms with van der Waals surface area (Å²) < 4.78 is 6.66. The molecule has 0 aromatic heterocycles. The van der Waals surface area contributed by atoms with Gasteiger partial charge in [0.15, 0.2) is 0 Å². The third kappa shape index (κ3) is 4.71. The van der Waals surface area contributed by atoms with Gasteiger partial charge in [0.25, 0.3) is 0 Å². The van der Waals surface area contributed by atoms with E-state index in [1.54, 1.807) is 0 Å². The Kier molecular flexibility index (Phi) is 5.67. The molecule has 2 rings (SSSR count). The Morgan fingerprint density at radius 2 is 2.11 bits per heavy atom. The van der Waals surface area contributed by atoms with Crippen molar-refractivity contribution in [3.63, 3.8) is 0 Å². The van der Waals surface area contributed by atoms with Gasteiger partial charge in [-0.1, -0.05) is 28.1 Å². The lowest BCUT2D eigenvalue weighted by Gasteiger charge is -2.13. The number of hydrogen-bond donors (Lipinski definition) is 1. The zero-order valence-corrected chi connectivity index (χ0v) is 12.2. The molecular formula is C15H21BrO2. The minimum atomic E-state index is -0.229. The number of ether oxygens (including phenoxy) is 1. The summed E-state index contributed by atoms with van der Waals surface area (Å²) in [6.07, 6.45) is 6.39. The van der Waals surface area contributed by atoms with Crippen LogP contribution in [0.5, 0.6) is 0 Å². The Morgan fingerprint density at radius 3 is 2.78 bits per heavy atom. The van der Waals surface area contributed by atoms with Crippen molar-refractivity contribution in [2.24, 2.45) is 0 Å². The zero-order valence-electron chi connectivity index (χ0n) is 10.6. The van der Waals surface area contributed by atoms with E-state index in [4.69, 9.17) is 4.74 Å². The summed E-state index contributed by atoms with van der Waals surface area (Å²) in [6, 6.07) is 8.17. The van der Waals surface area contributed by atoms with E-state index in [2.05, 4.69) is 28.1 Å². The molecular weight excluding hydrogens is 292 g/mol. The number of hydrogen-bond acceptors (Lipinski definition) is 2. The summed E-state index contributed by atoms with van der Waals surface area (Å²) in [6.45, 7) is 0.923. The first kappa shape index (κ1) is 14.0. The molecule has 1 aromatic carbocycles. The number of benzene rings is 1. The van der Waals surface area contributed by atoms with Crippen molar-refractivity contribution in [1.82, 2.24) is 0 Å². The molecule has 1 fully saturated rings. The summed E-state index contributed by atoms with van der Waals surface area (Å²) in [4.78, 5) is 0. The van der Waals surface area contributed by atoms with Crippen LogP contribution in [0.2, 0.25) is 0 Å². The van der Waals surface area contributed by atoms with E-state index in [0.717, 1.165) is 36.8 Å². The van der Waals surface area contributed by atoms with Crippen LogP contribution in [0.15, 0.2) is 28.7 Å². The van der Waals surface area contributed by atoms with Crippen LogP contribution in [0.3, 0.4) is 0 Å². The first-order valence-corrected chi connectivity index (χ1v) is 7.57. The second-order valence-electron chi connectivity index (χ2n) is 5.05. The van der Waals surface area contributed by atoms with E-state index in [-0.39, 0.29) is 6.10 Å². The quantitative estimate of drug-likeness (QED) is 0.868. The molecule has 1 aliphatic rings. The van der Waals surface area contributed by atoms with Gasteiger partial charge in [-0.15, -0.1) is 0 Å². The summed E-state index contributed by atoms with van der Waals surface area (Å²) in [5.74, 6) is 0. The summed E-state index contributed by atoms with van der Waals surface area (Å²) in [5, 5.41) is 9.99. The fourth-order valence-electron chi connectivity index (χ4n) is 2.45. The highest BCUT2D eigenvalue weighted by molar-refractivity contribution is 9.10. The average molecular weight is 313 g/mol. The molecule has 0 amide bonds. The highest BCUT2D eigenvalue weighted by Gasteiger charge is 2.15. The lowest BCUT2D eigenvalue weighted by Crippen LogP contribution is -2.12. The molecule has 1 N–H and O–H groups in total. The standard InChI is InChI=1S/C15H21BrO2/c16-13-8-6-12(7-9-13)11-14(17)3-1-4-15-5-2-10-18-15/h6-9,14-15,17H,1-5,10-11H2. The third-order valence-corrected chi connectivity index (χ3v) is 4.00. The van der Waals surface area contributed by atoms with Crippen LogP contribution < -0.4 is 0 Å². The molecule has 2 unspecified atom stereocenters. The molecule has 0 radical (unpaired) electrons. The Balaban J connectivity index is 1.65. The van der Waals surface area contributed by atoms with Gasteiger partial charge in [0.05, 0.1) is 12.2 Å². The first-order chi connectivity index (χ1) is 8.74. The van der Waals surface area contributed by atoms with E-state index in [1.807, 2.05) is 12.1 Å². The van der Waals surface area contributed by atoms with Crippen molar-refractivity contribution in [1.29, 1.82) is 0 Å². The molecule has 2 atom stereocenters. The number of halogens is 1. The molecule has 1 saturated heterocycles. The molecule has 1 heterocycles. The molecule has 1 aliphatic heterocycles. The average Bonchev–Trinajstić information content (AvgIpc) is 2.85. The third-order valence-electron chi connectivity index (χ3n) is 3.47. The van der Waals surface area contributed by atoms with E-state index in [0.29, 0.717) is 6.10 Å². The summed E-state index contributed by atoms with van der Waals surface area (Å²) in [5.41, 5.74) is 1.20. The van der Waals surface area contributed by atoms with Gasteiger partial charge in [-0.05, 0) is 56.2 Å². The van der Waals surface area contributed by atoms with Gasteiger partial charge in [0, 0.05) is 11.1 Å². The van der Waals surface area contributed by atoms with Gasteiger partial charge in [0.2, 0.25) is 0 Å². The maximum absolute atomic E-state index is 9.99. The Bertz CT molecular complexity index is 344. The molecule has 100 valence electrons. The van der Waals surface area contributed by atoms with E-state index in [9.17, 15) is 5.11 Å². The minimum absolute atomic E-state index is 0.229. The molecule has 18 heavy (non-hydrogen) atoms. The molecule has 0 saturated carbocycles. The summed E-state index contributed by atoms with van der Waals surface area (Å²) >= 11 is 3.41. The molecule has 0 spiro atoms. The highest BCUT2D eigenvalue weighted by Crippen LogP contribution is 2.19. The van der Waals surface area contributed by atoms with Gasteiger partial charge >= 0.3 is 0 Å². The maximum Gasteiger partial charge on any atom is 0.0580 e. The molecule has 2 nitrogen and oxygen atoms in total. The van der Waals surface area contributed by atoms with Gasteiger partial charge in [-0.3, -0.25) is 0 Å². The second-order valence-corrected chi connectivity index (χ2v) is 5.97. The fourth-order valence-corrected chi connectivity index (χ4v) is 2.71. The zero-order chi connectivity index (χ0) is 12.8. The number of rotatable bonds is 6. The predicted molar refractivity (Wildman–Crippen MR) is 76.7 cm³/mol. The van der Waals surface area contributed by atoms with Crippen LogP contribution in [0.4, 0.5) is 0 Å². The van der Waals surface area contributed by atoms with Crippen LogP contribution in [0, 0.1) is 0 Å². The largest absolute Gasteiger partial charge is 0.393 e. The topological polar surface area (TPSA) is 29.5 Å². The van der Waals surface area contributed by atoms with Crippen LogP contribution in [0.1, 0.15) is 37.7 Å². The molecule has 0 bridgehead atoms. The molecule has 1 aromatic rings. The Hall–Kier alpha value is -0.380. The minimum Gasteiger partial charge on any atom is -0.393 e. The monoisotopic (exact) mass is 312 g/mol. The van der Waals surface area contributed by atoms with Gasteiger partial charge in [-0.25, -0.2) is 0 Å².